The van der Waals surface area contributed by atoms with Crippen LogP contribution < -0.4 is 4.74 Å². The van der Waals surface area contributed by atoms with E-state index in [0.717, 1.165) is 38.2 Å². The zero-order valence-corrected chi connectivity index (χ0v) is 16.3. The fraction of sp³-hybridized carbons (Fsp3) is 0.500. The normalized spacial score (nSPS) is 24.8. The maximum atomic E-state index is 13.2. The Balaban J connectivity index is 1.21. The van der Waals surface area contributed by atoms with Gasteiger partial charge in [-0.3, -0.25) is 14.7 Å². The zero-order valence-electron chi connectivity index (χ0n) is 16.3. The molecule has 2 aliphatic heterocycles. The van der Waals surface area contributed by atoms with Gasteiger partial charge in [0.05, 0.1) is 18.1 Å². The molecule has 1 aromatic carbocycles. The van der Waals surface area contributed by atoms with E-state index in [0.29, 0.717) is 23.9 Å². The van der Waals surface area contributed by atoms with E-state index in [1.807, 2.05) is 11.1 Å². The molecule has 0 bridgehead atoms. The monoisotopic (exact) mass is 396 g/mol. The van der Waals surface area contributed by atoms with Crippen molar-refractivity contribution < 1.29 is 13.9 Å². The van der Waals surface area contributed by atoms with Crippen molar-refractivity contribution in [2.75, 3.05) is 26.2 Å². The highest BCUT2D eigenvalue weighted by Gasteiger charge is 2.37. The van der Waals surface area contributed by atoms with Gasteiger partial charge in [0.25, 0.3) is 5.91 Å². The summed E-state index contributed by atoms with van der Waals surface area (Å²) >= 11 is 0. The number of hydrogen-bond acceptors (Lipinski definition) is 5. The Hall–Kier alpha value is -2.54. The van der Waals surface area contributed by atoms with Gasteiger partial charge in [-0.1, -0.05) is 0 Å². The number of halogens is 1. The number of benzene rings is 1. The molecule has 1 amide bonds. The van der Waals surface area contributed by atoms with Crippen molar-refractivity contribution in [3.05, 3.63) is 53.7 Å². The lowest BCUT2D eigenvalue weighted by atomic mass is 10.1. The Labute approximate surface area is 169 Å². The smallest absolute Gasteiger partial charge is 0.253 e. The lowest BCUT2D eigenvalue weighted by Gasteiger charge is -2.25. The van der Waals surface area contributed by atoms with Crippen LogP contribution in [-0.4, -0.2) is 64.0 Å². The molecule has 1 saturated carbocycles. The van der Waals surface area contributed by atoms with Crippen molar-refractivity contribution in [1.82, 2.24) is 19.8 Å². The summed E-state index contributed by atoms with van der Waals surface area (Å²) in [6, 6.07) is 6.07. The Morgan fingerprint density at radius 1 is 1.07 bits per heavy atom. The molecular formula is C22H25FN4O2. The molecule has 1 aliphatic carbocycles. The molecule has 0 unspecified atom stereocenters. The van der Waals surface area contributed by atoms with E-state index >= 15 is 0 Å². The van der Waals surface area contributed by atoms with Gasteiger partial charge in [-0.2, -0.15) is 0 Å². The Morgan fingerprint density at radius 2 is 1.90 bits per heavy atom. The molecule has 7 heteroatoms. The quantitative estimate of drug-likeness (QED) is 0.795. The molecule has 3 aliphatic rings. The van der Waals surface area contributed by atoms with Crippen LogP contribution >= 0.6 is 0 Å². The van der Waals surface area contributed by atoms with E-state index in [2.05, 4.69) is 14.9 Å². The van der Waals surface area contributed by atoms with Gasteiger partial charge in [0, 0.05) is 50.1 Å². The largest absolute Gasteiger partial charge is 0.472 e. The SMILES string of the molecule is O=C(c1ccc(F)cc1)N1CCCN2C[C@@H](Oc3cnc(C4CC4)cn3)C[C@@H]2C1. The average Bonchev–Trinajstić information content (AvgIpc) is 3.54. The predicted octanol–water partition coefficient (Wildman–Crippen LogP) is 2.86. The van der Waals surface area contributed by atoms with E-state index in [4.69, 9.17) is 4.74 Å². The van der Waals surface area contributed by atoms with Crippen LogP contribution in [0.1, 0.15) is 47.7 Å². The molecule has 2 saturated heterocycles. The van der Waals surface area contributed by atoms with Crippen molar-refractivity contribution in [3.63, 3.8) is 0 Å². The summed E-state index contributed by atoms with van der Waals surface area (Å²) in [7, 11) is 0. The third-order valence-corrected chi connectivity index (χ3v) is 6.10. The highest BCUT2D eigenvalue weighted by Crippen LogP contribution is 2.38. The Kier molecular flexibility index (Phi) is 4.91. The lowest BCUT2D eigenvalue weighted by Crippen LogP contribution is -2.39. The van der Waals surface area contributed by atoms with Crippen LogP contribution in [0.15, 0.2) is 36.7 Å². The summed E-state index contributed by atoms with van der Waals surface area (Å²) in [4.78, 5) is 26.1. The van der Waals surface area contributed by atoms with Gasteiger partial charge >= 0.3 is 0 Å². The minimum absolute atomic E-state index is 0.0299. The van der Waals surface area contributed by atoms with Gasteiger partial charge in [-0.15, -0.1) is 0 Å². The topological polar surface area (TPSA) is 58.6 Å². The Bertz CT molecular complexity index is 869. The molecule has 0 N–H and O–H groups in total. The fourth-order valence-corrected chi connectivity index (χ4v) is 4.40. The number of carbonyl (C=O) groups is 1. The summed E-state index contributed by atoms with van der Waals surface area (Å²) in [5.41, 5.74) is 1.60. The molecule has 3 heterocycles. The highest BCUT2D eigenvalue weighted by atomic mass is 19.1. The van der Waals surface area contributed by atoms with E-state index < -0.39 is 0 Å². The number of fused-ring (bicyclic) bond motifs is 1. The Morgan fingerprint density at radius 3 is 2.62 bits per heavy atom. The second kappa shape index (κ2) is 7.71. The third-order valence-electron chi connectivity index (χ3n) is 6.10. The summed E-state index contributed by atoms with van der Waals surface area (Å²) in [6.07, 6.45) is 7.83. The van der Waals surface area contributed by atoms with Crippen LogP contribution in [-0.2, 0) is 0 Å². The third kappa shape index (κ3) is 4.10. The van der Waals surface area contributed by atoms with Gasteiger partial charge in [-0.05, 0) is 43.5 Å². The molecule has 3 fully saturated rings. The first-order valence-electron chi connectivity index (χ1n) is 10.4. The highest BCUT2D eigenvalue weighted by molar-refractivity contribution is 5.94. The molecule has 152 valence electrons. The predicted molar refractivity (Wildman–Crippen MR) is 105 cm³/mol. The molecule has 5 rings (SSSR count). The van der Waals surface area contributed by atoms with Crippen molar-refractivity contribution >= 4 is 5.91 Å². The van der Waals surface area contributed by atoms with Crippen LogP contribution in [0.4, 0.5) is 4.39 Å². The number of hydrogen-bond donors (Lipinski definition) is 0. The first kappa shape index (κ1) is 18.5. The van der Waals surface area contributed by atoms with Crippen molar-refractivity contribution in [2.24, 2.45) is 0 Å². The maximum Gasteiger partial charge on any atom is 0.253 e. The number of carbonyl (C=O) groups excluding carboxylic acids is 1. The van der Waals surface area contributed by atoms with Gasteiger partial charge in [-0.25, -0.2) is 9.37 Å². The van der Waals surface area contributed by atoms with E-state index in [1.165, 1.54) is 25.0 Å². The summed E-state index contributed by atoms with van der Waals surface area (Å²) in [5, 5.41) is 0. The van der Waals surface area contributed by atoms with Gasteiger partial charge in [0.2, 0.25) is 5.88 Å². The van der Waals surface area contributed by atoms with Crippen LogP contribution in [0, 0.1) is 5.82 Å². The lowest BCUT2D eigenvalue weighted by molar-refractivity contribution is 0.0742. The van der Waals surface area contributed by atoms with Crippen molar-refractivity contribution in [3.8, 4) is 5.88 Å². The maximum absolute atomic E-state index is 13.2. The second-order valence-electron chi connectivity index (χ2n) is 8.29. The molecule has 2 atom stereocenters. The van der Waals surface area contributed by atoms with E-state index in [9.17, 15) is 9.18 Å². The zero-order chi connectivity index (χ0) is 19.8. The number of nitrogens with zero attached hydrogens (tertiary/aromatic N) is 4. The molecule has 1 aromatic heterocycles. The molecular weight excluding hydrogens is 371 g/mol. The van der Waals surface area contributed by atoms with E-state index in [-0.39, 0.29) is 23.9 Å². The van der Waals surface area contributed by atoms with Gasteiger partial charge < -0.3 is 9.64 Å². The molecule has 2 aromatic rings. The van der Waals surface area contributed by atoms with Gasteiger partial charge in [0.15, 0.2) is 0 Å². The minimum atomic E-state index is -0.326. The van der Waals surface area contributed by atoms with Crippen molar-refractivity contribution in [1.29, 1.82) is 0 Å². The standard InChI is InChI=1S/C22H25FN4O2/c23-17-6-4-16(5-7-17)22(28)27-9-1-8-26-14-19(10-18(26)13-27)29-21-12-24-20(11-25-21)15-2-3-15/h4-7,11-12,15,18-19H,1-3,8-10,13-14H2/t18-,19+/m1/s1. The minimum Gasteiger partial charge on any atom is -0.472 e. The number of rotatable bonds is 4. The first-order chi connectivity index (χ1) is 14.2. The second-order valence-corrected chi connectivity index (χ2v) is 8.29. The molecule has 0 spiro atoms. The average molecular weight is 396 g/mol. The van der Waals surface area contributed by atoms with Crippen LogP contribution in [0.5, 0.6) is 5.88 Å². The molecule has 6 nitrogen and oxygen atoms in total. The number of amides is 1. The summed E-state index contributed by atoms with van der Waals surface area (Å²) < 4.78 is 19.3. The van der Waals surface area contributed by atoms with Gasteiger partial charge in [0.1, 0.15) is 11.9 Å². The number of ether oxygens (including phenoxy) is 1. The van der Waals surface area contributed by atoms with E-state index in [1.54, 1.807) is 18.3 Å². The summed E-state index contributed by atoms with van der Waals surface area (Å²) in [5.74, 6) is 0.812. The molecule has 0 radical (unpaired) electrons. The fourth-order valence-electron chi connectivity index (χ4n) is 4.40. The first-order valence-corrected chi connectivity index (χ1v) is 10.4. The van der Waals surface area contributed by atoms with Crippen LogP contribution in [0.2, 0.25) is 0 Å². The van der Waals surface area contributed by atoms with Crippen LogP contribution in [0.25, 0.3) is 0 Å². The summed E-state index contributed by atoms with van der Waals surface area (Å²) in [6.45, 7) is 3.19. The van der Waals surface area contributed by atoms with Crippen molar-refractivity contribution in [2.45, 2.75) is 43.7 Å². The van der Waals surface area contributed by atoms with Crippen LogP contribution in [0.3, 0.4) is 0 Å². The molecule has 29 heavy (non-hydrogen) atoms. The number of aromatic nitrogens is 2.